The first kappa shape index (κ1) is 15.5. The van der Waals surface area contributed by atoms with Gasteiger partial charge in [-0.15, -0.1) is 0 Å². The van der Waals surface area contributed by atoms with Gasteiger partial charge in [-0.1, -0.05) is 52.0 Å². The Bertz CT molecular complexity index is 561. The molecule has 1 saturated heterocycles. The van der Waals surface area contributed by atoms with Gasteiger partial charge in [0, 0.05) is 13.1 Å². The third kappa shape index (κ3) is 3.23. The predicted octanol–water partition coefficient (Wildman–Crippen LogP) is 3.16. The monoisotopic (exact) mass is 295 g/mol. The maximum Gasteiger partial charge on any atom is 0.214 e. The van der Waals surface area contributed by atoms with Gasteiger partial charge in [0.1, 0.15) is 0 Å². The van der Waals surface area contributed by atoms with Gasteiger partial charge in [-0.05, 0) is 28.9 Å². The fourth-order valence-electron chi connectivity index (χ4n) is 2.61. The molecule has 0 aliphatic carbocycles. The molecule has 3 nitrogen and oxygen atoms in total. The van der Waals surface area contributed by atoms with Crippen molar-refractivity contribution in [2.45, 2.75) is 46.1 Å². The summed E-state index contributed by atoms with van der Waals surface area (Å²) in [5.74, 6) is 0.520. The van der Waals surface area contributed by atoms with Gasteiger partial charge in [0.25, 0.3) is 0 Å². The molecule has 1 heterocycles. The average Bonchev–Trinajstić information content (AvgIpc) is 2.63. The highest BCUT2D eigenvalue weighted by Gasteiger charge is 2.33. The van der Waals surface area contributed by atoms with Crippen molar-refractivity contribution in [3.05, 3.63) is 35.4 Å². The first-order valence-electron chi connectivity index (χ1n) is 7.32. The smallest absolute Gasteiger partial charge is 0.212 e. The molecule has 1 fully saturated rings. The second kappa shape index (κ2) is 5.49. The number of benzene rings is 1. The molecule has 0 radical (unpaired) electrons. The third-order valence-electron chi connectivity index (χ3n) is 4.38. The highest BCUT2D eigenvalue weighted by Crippen LogP contribution is 2.27. The summed E-state index contributed by atoms with van der Waals surface area (Å²) in [4.78, 5) is 0. The molecule has 4 heteroatoms. The summed E-state index contributed by atoms with van der Waals surface area (Å²) in [5, 5.41) is 0. The van der Waals surface area contributed by atoms with E-state index in [1.165, 1.54) is 5.56 Å². The quantitative estimate of drug-likeness (QED) is 0.855. The van der Waals surface area contributed by atoms with Crippen LogP contribution < -0.4 is 0 Å². The maximum atomic E-state index is 12.0. The van der Waals surface area contributed by atoms with Crippen molar-refractivity contribution in [1.82, 2.24) is 4.31 Å². The molecule has 0 N–H and O–H groups in total. The van der Waals surface area contributed by atoms with Gasteiger partial charge in [0.05, 0.1) is 5.75 Å². The zero-order valence-electron chi connectivity index (χ0n) is 12.9. The van der Waals surface area contributed by atoms with Crippen LogP contribution >= 0.6 is 0 Å². The standard InChI is InChI=1S/C16H25NO2S/c1-5-16(3,4)15-8-6-14(7-9-15)11-17-10-13(2)12-20(17,18)19/h6-9,13H,5,10-12H2,1-4H3. The predicted molar refractivity (Wildman–Crippen MR) is 83.1 cm³/mol. The molecular formula is C16H25NO2S. The van der Waals surface area contributed by atoms with Crippen molar-refractivity contribution in [1.29, 1.82) is 0 Å². The zero-order valence-corrected chi connectivity index (χ0v) is 13.7. The van der Waals surface area contributed by atoms with Crippen LogP contribution in [0.25, 0.3) is 0 Å². The minimum absolute atomic E-state index is 0.173. The molecular weight excluding hydrogens is 270 g/mol. The Morgan fingerprint density at radius 3 is 2.30 bits per heavy atom. The Labute approximate surface area is 123 Å². The van der Waals surface area contributed by atoms with Gasteiger partial charge in [-0.25, -0.2) is 8.42 Å². The van der Waals surface area contributed by atoms with Crippen LogP contribution in [0.1, 0.15) is 45.2 Å². The Morgan fingerprint density at radius 1 is 1.25 bits per heavy atom. The largest absolute Gasteiger partial charge is 0.214 e. The maximum absolute atomic E-state index is 12.0. The van der Waals surface area contributed by atoms with E-state index in [0.717, 1.165) is 12.0 Å². The summed E-state index contributed by atoms with van der Waals surface area (Å²) in [6, 6.07) is 8.38. The second-order valence-corrected chi connectivity index (χ2v) is 8.62. The fraction of sp³-hybridized carbons (Fsp3) is 0.625. The first-order valence-corrected chi connectivity index (χ1v) is 8.93. The summed E-state index contributed by atoms with van der Waals surface area (Å²) in [6.45, 7) is 9.78. The zero-order chi connectivity index (χ0) is 15.0. The van der Waals surface area contributed by atoms with Gasteiger partial charge in [0.15, 0.2) is 0 Å². The van der Waals surface area contributed by atoms with Crippen molar-refractivity contribution < 1.29 is 8.42 Å². The Hall–Kier alpha value is -0.870. The molecule has 0 aromatic heterocycles. The molecule has 2 rings (SSSR count). The lowest BCUT2D eigenvalue weighted by Gasteiger charge is -2.23. The SMILES string of the molecule is CCC(C)(C)c1ccc(CN2CC(C)CS2(=O)=O)cc1. The summed E-state index contributed by atoms with van der Waals surface area (Å²) in [6.07, 6.45) is 1.09. The van der Waals surface area contributed by atoms with E-state index in [1.807, 2.05) is 6.92 Å². The van der Waals surface area contributed by atoms with E-state index in [2.05, 4.69) is 45.0 Å². The van der Waals surface area contributed by atoms with E-state index >= 15 is 0 Å². The number of hydrogen-bond donors (Lipinski definition) is 0. The summed E-state index contributed by atoms with van der Waals surface area (Å²) >= 11 is 0. The van der Waals surface area contributed by atoms with Crippen LogP contribution in [0.15, 0.2) is 24.3 Å². The van der Waals surface area contributed by atoms with E-state index in [9.17, 15) is 8.42 Å². The first-order chi connectivity index (χ1) is 9.24. The highest BCUT2D eigenvalue weighted by molar-refractivity contribution is 7.89. The van der Waals surface area contributed by atoms with Crippen molar-refractivity contribution in [3.63, 3.8) is 0 Å². The fourth-order valence-corrected chi connectivity index (χ4v) is 4.47. The third-order valence-corrected chi connectivity index (χ3v) is 6.44. The van der Waals surface area contributed by atoms with Crippen LogP contribution in [-0.2, 0) is 22.0 Å². The average molecular weight is 295 g/mol. The van der Waals surface area contributed by atoms with Crippen molar-refractivity contribution >= 4 is 10.0 Å². The molecule has 1 aromatic carbocycles. The molecule has 112 valence electrons. The summed E-state index contributed by atoms with van der Waals surface area (Å²) < 4.78 is 25.6. The molecule has 1 aliphatic heterocycles. The van der Waals surface area contributed by atoms with Crippen LogP contribution in [0, 0.1) is 5.92 Å². The molecule has 0 amide bonds. The minimum Gasteiger partial charge on any atom is -0.212 e. The van der Waals surface area contributed by atoms with E-state index in [-0.39, 0.29) is 17.1 Å². The molecule has 1 aromatic rings. The van der Waals surface area contributed by atoms with Crippen LogP contribution in [0.4, 0.5) is 0 Å². The normalized spacial score (nSPS) is 23.1. The van der Waals surface area contributed by atoms with E-state index < -0.39 is 10.0 Å². The van der Waals surface area contributed by atoms with E-state index in [1.54, 1.807) is 4.31 Å². The Kier molecular flexibility index (Phi) is 4.26. The number of nitrogens with zero attached hydrogens (tertiary/aromatic N) is 1. The van der Waals surface area contributed by atoms with Crippen molar-refractivity contribution in [3.8, 4) is 0 Å². The summed E-state index contributed by atoms with van der Waals surface area (Å²) in [7, 11) is -3.04. The lowest BCUT2D eigenvalue weighted by molar-refractivity contribution is 0.409. The Morgan fingerprint density at radius 2 is 1.85 bits per heavy atom. The topological polar surface area (TPSA) is 37.4 Å². The van der Waals surface area contributed by atoms with Gasteiger partial charge < -0.3 is 0 Å². The van der Waals surface area contributed by atoms with Crippen LogP contribution in [0.2, 0.25) is 0 Å². The summed E-state index contributed by atoms with van der Waals surface area (Å²) in [5.41, 5.74) is 2.55. The lowest BCUT2D eigenvalue weighted by atomic mass is 9.82. The van der Waals surface area contributed by atoms with E-state index in [4.69, 9.17) is 0 Å². The highest BCUT2D eigenvalue weighted by atomic mass is 32.2. The van der Waals surface area contributed by atoms with Crippen LogP contribution in [-0.4, -0.2) is 25.0 Å². The minimum atomic E-state index is -3.04. The number of sulfonamides is 1. The van der Waals surface area contributed by atoms with E-state index in [0.29, 0.717) is 13.1 Å². The molecule has 0 bridgehead atoms. The van der Waals surface area contributed by atoms with Crippen molar-refractivity contribution in [2.24, 2.45) is 5.92 Å². The van der Waals surface area contributed by atoms with Gasteiger partial charge in [-0.3, -0.25) is 0 Å². The number of rotatable bonds is 4. The van der Waals surface area contributed by atoms with Gasteiger partial charge in [-0.2, -0.15) is 4.31 Å². The lowest BCUT2D eigenvalue weighted by Crippen LogP contribution is -2.25. The van der Waals surface area contributed by atoms with Crippen LogP contribution in [0.3, 0.4) is 0 Å². The van der Waals surface area contributed by atoms with Crippen LogP contribution in [0.5, 0.6) is 0 Å². The molecule has 0 saturated carbocycles. The molecule has 1 atom stereocenters. The van der Waals surface area contributed by atoms with Crippen molar-refractivity contribution in [2.75, 3.05) is 12.3 Å². The Balaban J connectivity index is 2.12. The van der Waals surface area contributed by atoms with Gasteiger partial charge in [0.2, 0.25) is 10.0 Å². The number of hydrogen-bond acceptors (Lipinski definition) is 2. The molecule has 0 spiro atoms. The molecule has 1 unspecified atom stereocenters. The second-order valence-electron chi connectivity index (χ2n) is 6.61. The molecule has 20 heavy (non-hydrogen) atoms. The molecule has 1 aliphatic rings. The van der Waals surface area contributed by atoms with Gasteiger partial charge >= 0.3 is 0 Å².